The fraction of sp³-hybridized carbons (Fsp3) is 0.857. The van der Waals surface area contributed by atoms with Gasteiger partial charge in [0.2, 0.25) is 0 Å². The Morgan fingerprint density at radius 2 is 2.20 bits per heavy atom. The zero-order valence-corrected chi connectivity index (χ0v) is 6.44. The first-order valence-corrected chi connectivity index (χ1v) is 3.67. The van der Waals surface area contributed by atoms with Crippen molar-refractivity contribution in [3.63, 3.8) is 0 Å². The Morgan fingerprint density at radius 1 is 1.60 bits per heavy atom. The standard InChI is InChI=1S/C7H13NO2/c1-3-7(4-2)5-10-8-6(7)9/h3-5H2,1-2H3,(H,8,9). The van der Waals surface area contributed by atoms with Crippen molar-refractivity contribution in [3.8, 4) is 0 Å². The first-order chi connectivity index (χ1) is 4.75. The maximum Gasteiger partial charge on any atom is 0.252 e. The summed E-state index contributed by atoms with van der Waals surface area (Å²) in [5, 5.41) is 0. The second-order valence-corrected chi connectivity index (χ2v) is 2.71. The molecule has 58 valence electrons. The van der Waals surface area contributed by atoms with E-state index in [-0.39, 0.29) is 11.3 Å². The van der Waals surface area contributed by atoms with E-state index < -0.39 is 0 Å². The van der Waals surface area contributed by atoms with E-state index in [1.165, 1.54) is 0 Å². The van der Waals surface area contributed by atoms with Crippen LogP contribution in [0.1, 0.15) is 26.7 Å². The summed E-state index contributed by atoms with van der Waals surface area (Å²) in [6.45, 7) is 4.55. The minimum atomic E-state index is -0.236. The molecule has 1 N–H and O–H groups in total. The van der Waals surface area contributed by atoms with Crippen LogP contribution in [0.15, 0.2) is 0 Å². The Balaban J connectivity index is 2.71. The number of hydrogen-bond acceptors (Lipinski definition) is 2. The first kappa shape index (κ1) is 7.54. The Morgan fingerprint density at radius 3 is 2.40 bits per heavy atom. The second kappa shape index (κ2) is 2.58. The van der Waals surface area contributed by atoms with Crippen LogP contribution < -0.4 is 5.48 Å². The number of carbonyl (C=O) groups is 1. The van der Waals surface area contributed by atoms with Crippen molar-refractivity contribution >= 4 is 5.91 Å². The molecule has 1 amide bonds. The van der Waals surface area contributed by atoms with Crippen LogP contribution in [0.25, 0.3) is 0 Å². The van der Waals surface area contributed by atoms with Crippen molar-refractivity contribution in [2.24, 2.45) is 5.41 Å². The second-order valence-electron chi connectivity index (χ2n) is 2.71. The molecule has 0 saturated carbocycles. The van der Waals surface area contributed by atoms with Gasteiger partial charge in [0, 0.05) is 0 Å². The zero-order valence-electron chi connectivity index (χ0n) is 6.44. The molecule has 10 heavy (non-hydrogen) atoms. The highest BCUT2D eigenvalue weighted by atomic mass is 16.7. The molecule has 0 aliphatic carbocycles. The number of carbonyl (C=O) groups excluding carboxylic acids is 1. The van der Waals surface area contributed by atoms with Gasteiger partial charge in [-0.2, -0.15) is 0 Å². The lowest BCUT2D eigenvalue weighted by Crippen LogP contribution is -2.31. The molecule has 0 radical (unpaired) electrons. The number of amides is 1. The SMILES string of the molecule is CCC1(CC)CONC1=O. The van der Waals surface area contributed by atoms with Gasteiger partial charge in [0.25, 0.3) is 5.91 Å². The molecule has 1 saturated heterocycles. The molecule has 0 spiro atoms. The van der Waals surface area contributed by atoms with E-state index in [9.17, 15) is 4.79 Å². The van der Waals surface area contributed by atoms with Crippen molar-refractivity contribution in [1.82, 2.24) is 5.48 Å². The van der Waals surface area contributed by atoms with Crippen LogP contribution in [0, 0.1) is 5.41 Å². The molecule has 0 bridgehead atoms. The minimum Gasteiger partial charge on any atom is -0.273 e. The van der Waals surface area contributed by atoms with Crippen LogP contribution in [0.4, 0.5) is 0 Å². The maximum atomic E-state index is 11.1. The summed E-state index contributed by atoms with van der Waals surface area (Å²) in [6, 6.07) is 0. The van der Waals surface area contributed by atoms with Crippen LogP contribution >= 0.6 is 0 Å². The van der Waals surface area contributed by atoms with Crippen molar-refractivity contribution in [2.45, 2.75) is 26.7 Å². The Bertz CT molecular complexity index is 141. The highest BCUT2D eigenvalue weighted by Gasteiger charge is 2.40. The van der Waals surface area contributed by atoms with Gasteiger partial charge < -0.3 is 0 Å². The molecular weight excluding hydrogens is 130 g/mol. The average Bonchev–Trinajstić information content (AvgIpc) is 2.32. The fourth-order valence-corrected chi connectivity index (χ4v) is 1.19. The van der Waals surface area contributed by atoms with Crippen LogP contribution in [-0.4, -0.2) is 12.5 Å². The maximum absolute atomic E-state index is 11.1. The monoisotopic (exact) mass is 143 g/mol. The van der Waals surface area contributed by atoms with E-state index in [1.54, 1.807) is 0 Å². The first-order valence-electron chi connectivity index (χ1n) is 3.67. The third-order valence-electron chi connectivity index (χ3n) is 2.35. The molecule has 1 rings (SSSR count). The topological polar surface area (TPSA) is 38.3 Å². The van der Waals surface area contributed by atoms with Crippen molar-refractivity contribution < 1.29 is 9.63 Å². The lowest BCUT2D eigenvalue weighted by atomic mass is 9.83. The van der Waals surface area contributed by atoms with E-state index in [0.717, 1.165) is 12.8 Å². The van der Waals surface area contributed by atoms with E-state index in [4.69, 9.17) is 4.84 Å². The van der Waals surface area contributed by atoms with Crippen LogP contribution in [0.5, 0.6) is 0 Å². The van der Waals surface area contributed by atoms with Gasteiger partial charge in [0.1, 0.15) is 0 Å². The Labute approximate surface area is 60.7 Å². The smallest absolute Gasteiger partial charge is 0.252 e. The van der Waals surface area contributed by atoms with Crippen molar-refractivity contribution in [3.05, 3.63) is 0 Å². The van der Waals surface area contributed by atoms with Gasteiger partial charge in [-0.15, -0.1) is 0 Å². The summed E-state index contributed by atoms with van der Waals surface area (Å²) >= 11 is 0. The quantitative estimate of drug-likeness (QED) is 0.622. The summed E-state index contributed by atoms with van der Waals surface area (Å²) in [4.78, 5) is 16.0. The van der Waals surface area contributed by atoms with Gasteiger partial charge in [-0.3, -0.25) is 9.63 Å². The molecule has 0 aromatic carbocycles. The molecule has 3 heteroatoms. The number of hydrogen-bond donors (Lipinski definition) is 1. The van der Waals surface area contributed by atoms with Gasteiger partial charge in [0.15, 0.2) is 0 Å². The van der Waals surface area contributed by atoms with Gasteiger partial charge >= 0.3 is 0 Å². The highest BCUT2D eigenvalue weighted by Crippen LogP contribution is 2.29. The fourth-order valence-electron chi connectivity index (χ4n) is 1.19. The number of nitrogens with one attached hydrogen (secondary N) is 1. The summed E-state index contributed by atoms with van der Waals surface area (Å²) in [5.74, 6) is 0.0394. The molecule has 0 unspecified atom stereocenters. The van der Waals surface area contributed by atoms with E-state index in [2.05, 4.69) is 5.48 Å². The highest BCUT2D eigenvalue weighted by molar-refractivity contribution is 5.83. The normalized spacial score (nSPS) is 22.8. The van der Waals surface area contributed by atoms with Crippen LogP contribution in [0.2, 0.25) is 0 Å². The zero-order chi connectivity index (χ0) is 7.61. The Kier molecular flexibility index (Phi) is 1.94. The number of rotatable bonds is 2. The van der Waals surface area contributed by atoms with Gasteiger partial charge in [-0.25, -0.2) is 5.48 Å². The van der Waals surface area contributed by atoms with E-state index >= 15 is 0 Å². The summed E-state index contributed by atoms with van der Waals surface area (Å²) < 4.78 is 0. The third-order valence-corrected chi connectivity index (χ3v) is 2.35. The Hall–Kier alpha value is -0.570. The molecule has 0 aromatic heterocycles. The number of hydroxylamine groups is 1. The molecule has 0 atom stereocenters. The van der Waals surface area contributed by atoms with Crippen molar-refractivity contribution in [2.75, 3.05) is 6.61 Å². The molecule has 1 aliphatic heterocycles. The minimum absolute atomic E-state index is 0.0394. The summed E-state index contributed by atoms with van der Waals surface area (Å²) in [5.41, 5.74) is 2.14. The van der Waals surface area contributed by atoms with Crippen LogP contribution in [-0.2, 0) is 9.63 Å². The predicted molar refractivity (Wildman–Crippen MR) is 37.1 cm³/mol. The van der Waals surface area contributed by atoms with Crippen molar-refractivity contribution in [1.29, 1.82) is 0 Å². The summed E-state index contributed by atoms with van der Waals surface area (Å²) in [7, 11) is 0. The van der Waals surface area contributed by atoms with E-state index in [1.807, 2.05) is 13.8 Å². The van der Waals surface area contributed by atoms with Gasteiger partial charge in [-0.1, -0.05) is 13.8 Å². The third kappa shape index (κ3) is 0.904. The predicted octanol–water partition coefficient (Wildman–Crippen LogP) is 0.854. The van der Waals surface area contributed by atoms with E-state index in [0.29, 0.717) is 6.61 Å². The molecule has 0 aromatic rings. The molecule has 1 fully saturated rings. The van der Waals surface area contributed by atoms with Crippen LogP contribution in [0.3, 0.4) is 0 Å². The van der Waals surface area contributed by atoms with Gasteiger partial charge in [0.05, 0.1) is 12.0 Å². The molecule has 1 aliphatic rings. The average molecular weight is 143 g/mol. The molecule has 3 nitrogen and oxygen atoms in total. The summed E-state index contributed by atoms with van der Waals surface area (Å²) in [6.07, 6.45) is 1.71. The molecular formula is C7H13NO2. The van der Waals surface area contributed by atoms with Gasteiger partial charge in [-0.05, 0) is 12.8 Å². The lowest BCUT2D eigenvalue weighted by molar-refractivity contribution is -0.129. The largest absolute Gasteiger partial charge is 0.273 e. The molecule has 1 heterocycles. The lowest BCUT2D eigenvalue weighted by Gasteiger charge is -2.18.